The standard InChI is InChI=1S/C25H28FNO/c1-15-10-19-21-5-4-20(16-11-17(26)14-27-13-16)24(21,2)9-7-22(19)25(3)8-6-18(28)12-23(15)25/h4-5,11-15,19,22H,6-10H2,1-3H3/t15?,19-,22-,24+,25+/m0/s1. The van der Waals surface area contributed by atoms with Crippen molar-refractivity contribution in [2.24, 2.45) is 28.6 Å². The molecule has 2 fully saturated rings. The molecule has 3 heteroatoms. The fraction of sp³-hybridized carbons (Fsp3) is 0.520. The quantitative estimate of drug-likeness (QED) is 0.609. The minimum atomic E-state index is -0.274. The van der Waals surface area contributed by atoms with Crippen molar-refractivity contribution in [3.63, 3.8) is 0 Å². The maximum Gasteiger partial charge on any atom is 0.155 e. The van der Waals surface area contributed by atoms with Crippen molar-refractivity contribution in [1.82, 2.24) is 4.98 Å². The first-order valence-electron chi connectivity index (χ1n) is 10.6. The van der Waals surface area contributed by atoms with E-state index in [9.17, 15) is 9.18 Å². The van der Waals surface area contributed by atoms with E-state index in [1.165, 1.54) is 22.9 Å². The number of nitrogens with zero attached hydrogens (tertiary/aromatic N) is 1. The van der Waals surface area contributed by atoms with E-state index in [1.54, 1.807) is 12.3 Å². The minimum absolute atomic E-state index is 0.0293. The highest BCUT2D eigenvalue weighted by Crippen LogP contribution is 2.66. The largest absolute Gasteiger partial charge is 0.295 e. The third-order valence-electron chi connectivity index (χ3n) is 8.34. The Labute approximate surface area is 166 Å². The van der Waals surface area contributed by atoms with Crippen molar-refractivity contribution < 1.29 is 9.18 Å². The molecule has 0 aromatic carbocycles. The molecule has 2 saturated carbocycles. The molecule has 0 amide bonds. The van der Waals surface area contributed by atoms with E-state index in [4.69, 9.17) is 0 Å². The Morgan fingerprint density at radius 2 is 1.96 bits per heavy atom. The molecule has 1 unspecified atom stereocenters. The van der Waals surface area contributed by atoms with Gasteiger partial charge >= 0.3 is 0 Å². The highest BCUT2D eigenvalue weighted by molar-refractivity contribution is 5.91. The molecule has 0 bridgehead atoms. The van der Waals surface area contributed by atoms with Crippen molar-refractivity contribution >= 4 is 11.4 Å². The second-order valence-electron chi connectivity index (χ2n) is 9.80. The van der Waals surface area contributed by atoms with Crippen LogP contribution >= 0.6 is 0 Å². The molecule has 28 heavy (non-hydrogen) atoms. The van der Waals surface area contributed by atoms with Crippen LogP contribution in [0.15, 0.2) is 47.8 Å². The van der Waals surface area contributed by atoms with Gasteiger partial charge in [-0.3, -0.25) is 9.78 Å². The number of ketones is 1. The monoisotopic (exact) mass is 377 g/mol. The molecular weight excluding hydrogens is 349 g/mol. The van der Waals surface area contributed by atoms with Crippen LogP contribution in [0.5, 0.6) is 0 Å². The minimum Gasteiger partial charge on any atom is -0.295 e. The lowest BCUT2D eigenvalue weighted by Gasteiger charge is -2.57. The summed E-state index contributed by atoms with van der Waals surface area (Å²) in [6, 6.07) is 1.62. The Balaban J connectivity index is 1.52. The van der Waals surface area contributed by atoms with Gasteiger partial charge in [0.25, 0.3) is 0 Å². The van der Waals surface area contributed by atoms with Gasteiger partial charge < -0.3 is 0 Å². The summed E-state index contributed by atoms with van der Waals surface area (Å²) in [5.74, 6) is 1.62. The van der Waals surface area contributed by atoms with Gasteiger partial charge in [0.1, 0.15) is 5.82 Å². The molecule has 4 aliphatic rings. The second kappa shape index (κ2) is 5.98. The van der Waals surface area contributed by atoms with Crippen LogP contribution in [0.1, 0.15) is 58.4 Å². The Kier molecular flexibility index (Phi) is 3.85. The normalized spacial score (nSPS) is 39.4. The van der Waals surface area contributed by atoms with Gasteiger partial charge in [0, 0.05) is 18.0 Å². The Hall–Kier alpha value is -2.03. The third kappa shape index (κ3) is 2.38. The molecule has 5 rings (SSSR count). The average Bonchev–Trinajstić information content (AvgIpc) is 3.01. The van der Waals surface area contributed by atoms with Gasteiger partial charge in [-0.05, 0) is 72.1 Å². The van der Waals surface area contributed by atoms with Gasteiger partial charge in [-0.25, -0.2) is 4.39 Å². The molecule has 2 nitrogen and oxygen atoms in total. The van der Waals surface area contributed by atoms with Gasteiger partial charge in [-0.15, -0.1) is 0 Å². The second-order valence-corrected chi connectivity index (χ2v) is 9.80. The van der Waals surface area contributed by atoms with Crippen molar-refractivity contribution in [1.29, 1.82) is 0 Å². The fourth-order valence-corrected chi connectivity index (χ4v) is 6.95. The van der Waals surface area contributed by atoms with E-state index < -0.39 is 0 Å². The summed E-state index contributed by atoms with van der Waals surface area (Å²) in [6.07, 6.45) is 14.6. The van der Waals surface area contributed by atoms with E-state index in [0.29, 0.717) is 30.0 Å². The molecule has 1 aromatic heterocycles. The van der Waals surface area contributed by atoms with Crippen molar-refractivity contribution in [2.75, 3.05) is 0 Å². The number of rotatable bonds is 1. The van der Waals surface area contributed by atoms with E-state index in [2.05, 4.69) is 37.9 Å². The highest BCUT2D eigenvalue weighted by atomic mass is 19.1. The highest BCUT2D eigenvalue weighted by Gasteiger charge is 2.56. The molecule has 1 heterocycles. The van der Waals surface area contributed by atoms with Gasteiger partial charge in [0.15, 0.2) is 5.78 Å². The van der Waals surface area contributed by atoms with E-state index in [-0.39, 0.29) is 16.6 Å². The molecule has 0 N–H and O–H groups in total. The fourth-order valence-electron chi connectivity index (χ4n) is 6.95. The Morgan fingerprint density at radius 1 is 1.14 bits per heavy atom. The first kappa shape index (κ1) is 18.0. The van der Waals surface area contributed by atoms with Crippen LogP contribution in [0.2, 0.25) is 0 Å². The van der Waals surface area contributed by atoms with E-state index in [0.717, 1.165) is 31.2 Å². The number of carbonyl (C=O) groups is 1. The van der Waals surface area contributed by atoms with Crippen LogP contribution in [-0.4, -0.2) is 10.8 Å². The zero-order chi connectivity index (χ0) is 19.7. The van der Waals surface area contributed by atoms with E-state index >= 15 is 0 Å². The van der Waals surface area contributed by atoms with Gasteiger partial charge in [0.05, 0.1) is 6.20 Å². The van der Waals surface area contributed by atoms with Crippen LogP contribution in [0, 0.1) is 34.4 Å². The van der Waals surface area contributed by atoms with Crippen molar-refractivity contribution in [2.45, 2.75) is 52.9 Å². The lowest BCUT2D eigenvalue weighted by atomic mass is 9.46. The predicted octanol–water partition coefficient (Wildman–Crippen LogP) is 5.91. The van der Waals surface area contributed by atoms with Crippen molar-refractivity contribution in [3.05, 3.63) is 59.2 Å². The maximum atomic E-state index is 13.8. The number of fused-ring (bicyclic) bond motifs is 5. The Morgan fingerprint density at radius 3 is 2.75 bits per heavy atom. The summed E-state index contributed by atoms with van der Waals surface area (Å²) < 4.78 is 13.8. The van der Waals surface area contributed by atoms with Crippen LogP contribution in [0.4, 0.5) is 4.39 Å². The summed E-state index contributed by atoms with van der Waals surface area (Å²) in [5.41, 5.74) is 5.15. The summed E-state index contributed by atoms with van der Waals surface area (Å²) in [7, 11) is 0. The zero-order valence-corrected chi connectivity index (χ0v) is 17.0. The molecule has 5 atom stereocenters. The number of hydrogen-bond donors (Lipinski definition) is 0. The molecule has 0 radical (unpaired) electrons. The lowest BCUT2D eigenvalue weighted by molar-refractivity contribution is -0.116. The average molecular weight is 378 g/mol. The summed E-state index contributed by atoms with van der Waals surface area (Å²) >= 11 is 0. The summed E-state index contributed by atoms with van der Waals surface area (Å²) in [6.45, 7) is 7.04. The summed E-state index contributed by atoms with van der Waals surface area (Å²) in [4.78, 5) is 16.2. The van der Waals surface area contributed by atoms with E-state index in [1.807, 2.05) is 6.08 Å². The molecule has 0 spiro atoms. The summed E-state index contributed by atoms with van der Waals surface area (Å²) in [5, 5.41) is 0. The van der Waals surface area contributed by atoms with Gasteiger partial charge in [-0.2, -0.15) is 0 Å². The molecule has 0 aliphatic heterocycles. The zero-order valence-electron chi connectivity index (χ0n) is 17.0. The van der Waals surface area contributed by atoms with Gasteiger partial charge in [0.2, 0.25) is 0 Å². The lowest BCUT2D eigenvalue weighted by Crippen LogP contribution is -2.49. The number of hydrogen-bond acceptors (Lipinski definition) is 2. The number of carbonyl (C=O) groups excluding carboxylic acids is 1. The number of allylic oxidation sites excluding steroid dienone is 6. The molecule has 0 saturated heterocycles. The van der Waals surface area contributed by atoms with Crippen LogP contribution < -0.4 is 0 Å². The molecule has 146 valence electrons. The smallest absolute Gasteiger partial charge is 0.155 e. The predicted molar refractivity (Wildman–Crippen MR) is 109 cm³/mol. The number of halogens is 1. The molecule has 4 aliphatic carbocycles. The van der Waals surface area contributed by atoms with Gasteiger partial charge in [-0.1, -0.05) is 44.1 Å². The number of aromatic nitrogens is 1. The van der Waals surface area contributed by atoms with Crippen LogP contribution in [0.3, 0.4) is 0 Å². The first-order chi connectivity index (χ1) is 13.3. The van der Waals surface area contributed by atoms with Crippen molar-refractivity contribution in [3.8, 4) is 0 Å². The third-order valence-corrected chi connectivity index (χ3v) is 8.34. The van der Waals surface area contributed by atoms with Crippen LogP contribution in [-0.2, 0) is 4.79 Å². The maximum absolute atomic E-state index is 13.8. The Bertz CT molecular complexity index is 957. The van der Waals surface area contributed by atoms with Crippen LogP contribution in [0.25, 0.3) is 5.57 Å². The SMILES string of the molecule is CC1C[C@H]2C3=CC=C(c4cncc(F)c4)[C@@]3(C)CC[C@@H]2[C@@]2(C)CCC(=O)C=C12. The molecule has 1 aromatic rings. The number of pyridine rings is 1. The molecular formula is C25H28FNO. The topological polar surface area (TPSA) is 30.0 Å². The first-order valence-corrected chi connectivity index (χ1v) is 10.6.